The molecule has 8 heteroatoms. The lowest BCUT2D eigenvalue weighted by Gasteiger charge is -2.25. The summed E-state index contributed by atoms with van der Waals surface area (Å²) in [4.78, 5) is 31.2. The van der Waals surface area contributed by atoms with Gasteiger partial charge in [0.25, 0.3) is 11.7 Å². The van der Waals surface area contributed by atoms with Gasteiger partial charge in [0.2, 0.25) is 0 Å². The molecule has 1 N–H and O–H groups in total. The third-order valence-corrected chi connectivity index (χ3v) is 5.49. The SMILES string of the molecule is CC(C)OCCCN1C(=O)C(=O)/C(=C(\O)c2ccc(Cl)c(Cl)c2)C1c1ccncc1. The first-order valence-corrected chi connectivity index (χ1v) is 10.3. The first-order valence-electron chi connectivity index (χ1n) is 9.56. The van der Waals surface area contributed by atoms with Crippen LogP contribution in [0.2, 0.25) is 10.0 Å². The summed E-state index contributed by atoms with van der Waals surface area (Å²) in [6.45, 7) is 4.62. The van der Waals surface area contributed by atoms with Gasteiger partial charge in [0, 0.05) is 31.1 Å². The fourth-order valence-corrected chi connectivity index (χ4v) is 3.65. The number of halogens is 2. The molecule has 1 fully saturated rings. The maximum Gasteiger partial charge on any atom is 0.295 e. The van der Waals surface area contributed by atoms with Crippen molar-refractivity contribution in [2.75, 3.05) is 13.2 Å². The molecule has 158 valence electrons. The summed E-state index contributed by atoms with van der Waals surface area (Å²) >= 11 is 12.0. The fraction of sp³-hybridized carbons (Fsp3) is 0.318. The number of carbonyl (C=O) groups excluding carboxylic acids is 2. The predicted octanol–water partition coefficient (Wildman–Crippen LogP) is 4.63. The molecule has 6 nitrogen and oxygen atoms in total. The average Bonchev–Trinajstić information content (AvgIpc) is 2.98. The molecular weight excluding hydrogens is 427 g/mol. The normalized spacial score (nSPS) is 18.4. The van der Waals surface area contributed by atoms with Crippen molar-refractivity contribution in [2.45, 2.75) is 32.4 Å². The Balaban J connectivity index is 2.02. The Morgan fingerprint density at radius 1 is 1.17 bits per heavy atom. The summed E-state index contributed by atoms with van der Waals surface area (Å²) in [5.74, 6) is -1.71. The van der Waals surface area contributed by atoms with Crippen LogP contribution in [0, 0.1) is 0 Å². The van der Waals surface area contributed by atoms with Gasteiger partial charge in [-0.3, -0.25) is 14.6 Å². The van der Waals surface area contributed by atoms with Gasteiger partial charge in [0.05, 0.1) is 27.8 Å². The van der Waals surface area contributed by atoms with Crippen LogP contribution in [0.15, 0.2) is 48.3 Å². The van der Waals surface area contributed by atoms with Gasteiger partial charge in [-0.1, -0.05) is 23.2 Å². The van der Waals surface area contributed by atoms with Gasteiger partial charge in [-0.05, 0) is 56.2 Å². The van der Waals surface area contributed by atoms with Crippen molar-refractivity contribution in [1.82, 2.24) is 9.88 Å². The Bertz CT molecular complexity index is 976. The molecule has 0 spiro atoms. The Morgan fingerprint density at radius 2 is 1.87 bits per heavy atom. The van der Waals surface area contributed by atoms with Gasteiger partial charge < -0.3 is 14.7 Å². The third-order valence-electron chi connectivity index (χ3n) is 4.75. The topological polar surface area (TPSA) is 79.7 Å². The minimum absolute atomic E-state index is 0.00867. The number of nitrogens with zero attached hydrogens (tertiary/aromatic N) is 2. The summed E-state index contributed by atoms with van der Waals surface area (Å²) < 4.78 is 5.55. The number of carbonyl (C=O) groups is 2. The number of aromatic nitrogens is 1. The zero-order valence-corrected chi connectivity index (χ0v) is 18.2. The Morgan fingerprint density at radius 3 is 2.50 bits per heavy atom. The molecule has 30 heavy (non-hydrogen) atoms. The van der Waals surface area contributed by atoms with E-state index in [0.717, 1.165) is 0 Å². The van der Waals surface area contributed by atoms with Crippen molar-refractivity contribution in [3.63, 3.8) is 0 Å². The van der Waals surface area contributed by atoms with E-state index in [1.54, 1.807) is 30.6 Å². The summed E-state index contributed by atoms with van der Waals surface area (Å²) in [7, 11) is 0. The lowest BCUT2D eigenvalue weighted by molar-refractivity contribution is -0.140. The molecule has 1 aliphatic heterocycles. The molecule has 0 saturated carbocycles. The number of Topliss-reactive ketones (excluding diaryl/α,β-unsaturated/α-hetero) is 1. The van der Waals surface area contributed by atoms with E-state index in [0.29, 0.717) is 35.7 Å². The summed E-state index contributed by atoms with van der Waals surface area (Å²) in [5.41, 5.74) is 0.995. The average molecular weight is 449 g/mol. The zero-order valence-electron chi connectivity index (χ0n) is 16.6. The van der Waals surface area contributed by atoms with E-state index in [4.69, 9.17) is 27.9 Å². The van der Waals surface area contributed by atoms with Gasteiger partial charge in [-0.25, -0.2) is 0 Å². The van der Waals surface area contributed by atoms with Crippen molar-refractivity contribution in [1.29, 1.82) is 0 Å². The zero-order chi connectivity index (χ0) is 21.8. The maximum atomic E-state index is 12.9. The van der Waals surface area contributed by atoms with Crippen LogP contribution in [0.4, 0.5) is 0 Å². The van der Waals surface area contributed by atoms with E-state index in [9.17, 15) is 14.7 Å². The second-order valence-corrected chi connectivity index (χ2v) is 7.99. The summed E-state index contributed by atoms with van der Waals surface area (Å²) in [5, 5.41) is 11.5. The molecule has 1 aromatic carbocycles. The van der Waals surface area contributed by atoms with Crippen LogP contribution < -0.4 is 0 Å². The van der Waals surface area contributed by atoms with Crippen LogP contribution in [0.5, 0.6) is 0 Å². The minimum atomic E-state index is -0.745. The molecule has 1 amide bonds. The molecule has 2 heterocycles. The lowest BCUT2D eigenvalue weighted by atomic mass is 9.96. The van der Waals surface area contributed by atoms with Crippen molar-refractivity contribution in [2.24, 2.45) is 0 Å². The van der Waals surface area contributed by atoms with E-state index in [2.05, 4.69) is 4.98 Å². The minimum Gasteiger partial charge on any atom is -0.507 e. The number of likely N-dealkylation sites (tertiary alicyclic amines) is 1. The molecule has 1 unspecified atom stereocenters. The van der Waals surface area contributed by atoms with Gasteiger partial charge in [-0.15, -0.1) is 0 Å². The second kappa shape index (κ2) is 9.60. The van der Waals surface area contributed by atoms with Crippen LogP contribution in [0.25, 0.3) is 5.76 Å². The molecule has 1 atom stereocenters. The van der Waals surface area contributed by atoms with Crippen molar-refractivity contribution in [3.8, 4) is 0 Å². The molecule has 0 radical (unpaired) electrons. The first kappa shape index (κ1) is 22.3. The van der Waals surface area contributed by atoms with Crippen LogP contribution in [-0.2, 0) is 14.3 Å². The predicted molar refractivity (Wildman–Crippen MR) is 115 cm³/mol. The number of benzene rings is 1. The highest BCUT2D eigenvalue weighted by atomic mass is 35.5. The summed E-state index contributed by atoms with van der Waals surface area (Å²) in [6, 6.07) is 7.25. The van der Waals surface area contributed by atoms with Crippen LogP contribution in [-0.4, -0.2) is 45.9 Å². The van der Waals surface area contributed by atoms with E-state index >= 15 is 0 Å². The maximum absolute atomic E-state index is 12.9. The van der Waals surface area contributed by atoms with Crippen molar-refractivity contribution < 1.29 is 19.4 Å². The fourth-order valence-electron chi connectivity index (χ4n) is 3.36. The Kier molecular flexibility index (Phi) is 7.13. The quantitative estimate of drug-likeness (QED) is 0.289. The monoisotopic (exact) mass is 448 g/mol. The highest BCUT2D eigenvalue weighted by molar-refractivity contribution is 6.46. The largest absolute Gasteiger partial charge is 0.507 e. The van der Waals surface area contributed by atoms with Crippen LogP contribution in [0.3, 0.4) is 0 Å². The second-order valence-electron chi connectivity index (χ2n) is 7.18. The van der Waals surface area contributed by atoms with Gasteiger partial charge >= 0.3 is 0 Å². The van der Waals surface area contributed by atoms with Crippen LogP contribution >= 0.6 is 23.2 Å². The van der Waals surface area contributed by atoms with E-state index in [-0.39, 0.29) is 22.5 Å². The van der Waals surface area contributed by atoms with E-state index in [1.165, 1.54) is 17.0 Å². The Labute approximate surface area is 185 Å². The first-order chi connectivity index (χ1) is 14.3. The molecule has 1 aliphatic rings. The highest BCUT2D eigenvalue weighted by Gasteiger charge is 2.45. The van der Waals surface area contributed by atoms with Crippen LogP contribution in [0.1, 0.15) is 37.4 Å². The molecule has 2 aromatic rings. The number of ketones is 1. The number of aliphatic hydroxyl groups is 1. The number of aliphatic hydroxyl groups excluding tert-OH is 1. The van der Waals surface area contributed by atoms with Crippen molar-refractivity contribution >= 4 is 40.7 Å². The highest BCUT2D eigenvalue weighted by Crippen LogP contribution is 2.39. The molecule has 0 bridgehead atoms. The van der Waals surface area contributed by atoms with E-state index < -0.39 is 17.7 Å². The standard InChI is InChI=1S/C22H22Cl2N2O4/c1-13(2)30-11-3-10-26-19(14-6-8-25-9-7-14)18(21(28)22(26)29)20(27)15-4-5-16(23)17(24)12-15/h4-9,12-13,19,27H,3,10-11H2,1-2H3/b20-18-. The molecule has 1 saturated heterocycles. The smallest absolute Gasteiger partial charge is 0.295 e. The molecule has 3 rings (SSSR count). The number of rotatable bonds is 7. The molecular formula is C22H22Cl2N2O4. The number of pyridine rings is 1. The number of ether oxygens (including phenoxy) is 1. The lowest BCUT2D eigenvalue weighted by Crippen LogP contribution is -2.31. The number of amides is 1. The molecule has 0 aliphatic carbocycles. The van der Waals surface area contributed by atoms with Gasteiger partial charge in [0.15, 0.2) is 0 Å². The molecule has 1 aromatic heterocycles. The Hall–Kier alpha value is -2.41. The summed E-state index contributed by atoms with van der Waals surface area (Å²) in [6.07, 6.45) is 3.79. The third kappa shape index (κ3) is 4.67. The van der Waals surface area contributed by atoms with Gasteiger partial charge in [-0.2, -0.15) is 0 Å². The van der Waals surface area contributed by atoms with E-state index in [1.807, 2.05) is 13.8 Å². The number of hydrogen-bond donors (Lipinski definition) is 1. The van der Waals surface area contributed by atoms with Crippen molar-refractivity contribution in [3.05, 3.63) is 69.5 Å². The number of hydrogen-bond acceptors (Lipinski definition) is 5. The van der Waals surface area contributed by atoms with Gasteiger partial charge in [0.1, 0.15) is 5.76 Å².